The van der Waals surface area contributed by atoms with Crippen LogP contribution in [0.1, 0.15) is 21.7 Å². The molecule has 0 aliphatic rings. The van der Waals surface area contributed by atoms with Gasteiger partial charge in [0.25, 0.3) is 5.91 Å². The number of amides is 1. The third-order valence-electron chi connectivity index (χ3n) is 2.81. The average Bonchev–Trinajstić information content (AvgIpc) is 2.69. The van der Waals surface area contributed by atoms with E-state index in [0.717, 1.165) is 5.69 Å². The van der Waals surface area contributed by atoms with E-state index in [2.05, 4.69) is 10.4 Å². The number of primary sulfonamides is 1. The number of aromatic nitrogens is 2. The fourth-order valence-corrected chi connectivity index (χ4v) is 2.59. The first-order valence-electron chi connectivity index (χ1n) is 6.16. The highest BCUT2D eigenvalue weighted by molar-refractivity contribution is 7.88. The number of carbonyl (C=O) groups is 1. The number of benzene rings is 1. The van der Waals surface area contributed by atoms with Crippen molar-refractivity contribution >= 4 is 21.6 Å². The largest absolute Gasteiger partial charge is 0.321 e. The predicted molar refractivity (Wildman–Crippen MR) is 79.2 cm³/mol. The molecule has 1 aromatic carbocycles. The first-order valence-corrected chi connectivity index (χ1v) is 7.87. The van der Waals surface area contributed by atoms with E-state index in [-0.39, 0.29) is 11.7 Å². The minimum absolute atomic E-state index is 0.234. The Hall–Kier alpha value is -2.19. The molecule has 2 rings (SSSR count). The normalized spacial score (nSPS) is 11.4. The van der Waals surface area contributed by atoms with Crippen molar-refractivity contribution in [1.29, 1.82) is 0 Å². The molecule has 1 heterocycles. The Morgan fingerprint density at radius 3 is 2.43 bits per heavy atom. The molecule has 0 spiro atoms. The molecule has 0 unspecified atom stereocenters. The smallest absolute Gasteiger partial charge is 0.273 e. The first-order chi connectivity index (χ1) is 9.74. The van der Waals surface area contributed by atoms with Crippen molar-refractivity contribution in [2.24, 2.45) is 12.2 Å². The summed E-state index contributed by atoms with van der Waals surface area (Å²) < 4.78 is 23.5. The van der Waals surface area contributed by atoms with Crippen molar-refractivity contribution in [3.05, 3.63) is 47.3 Å². The Bertz CT molecular complexity index is 763. The average molecular weight is 308 g/mol. The maximum absolute atomic E-state index is 12.1. The molecule has 0 aliphatic carbocycles. The monoisotopic (exact) mass is 308 g/mol. The number of nitrogens with one attached hydrogen (secondary N) is 1. The third kappa shape index (κ3) is 4.14. The maximum atomic E-state index is 12.1. The molecule has 3 N–H and O–H groups in total. The van der Waals surface area contributed by atoms with Crippen LogP contribution in [0.5, 0.6) is 0 Å². The first kappa shape index (κ1) is 15.2. The zero-order valence-electron chi connectivity index (χ0n) is 11.7. The summed E-state index contributed by atoms with van der Waals surface area (Å²) in [4.78, 5) is 12.1. The van der Waals surface area contributed by atoms with E-state index in [9.17, 15) is 13.2 Å². The van der Waals surface area contributed by atoms with Crippen LogP contribution in [-0.2, 0) is 22.8 Å². The standard InChI is InChI=1S/C13H16N4O3S/c1-9-7-12(17(2)16-9)13(18)15-11-5-3-10(4-6-11)8-21(14,19)20/h3-7H,8H2,1-2H3,(H,15,18)(H2,14,19,20). The molecule has 21 heavy (non-hydrogen) atoms. The Kier molecular flexibility index (Phi) is 4.10. The van der Waals surface area contributed by atoms with Crippen LogP contribution in [0, 0.1) is 6.92 Å². The van der Waals surface area contributed by atoms with E-state index >= 15 is 0 Å². The number of carbonyl (C=O) groups excluding carboxylic acids is 1. The van der Waals surface area contributed by atoms with Crippen LogP contribution in [0.3, 0.4) is 0 Å². The molecule has 2 aromatic rings. The van der Waals surface area contributed by atoms with Gasteiger partial charge in [0.2, 0.25) is 10.0 Å². The minimum Gasteiger partial charge on any atom is -0.321 e. The molecule has 1 amide bonds. The second kappa shape index (κ2) is 5.66. The molecule has 112 valence electrons. The van der Waals surface area contributed by atoms with E-state index in [4.69, 9.17) is 5.14 Å². The van der Waals surface area contributed by atoms with Crippen LogP contribution in [0.15, 0.2) is 30.3 Å². The summed E-state index contributed by atoms with van der Waals surface area (Å²) in [6, 6.07) is 8.15. The Morgan fingerprint density at radius 2 is 1.95 bits per heavy atom. The van der Waals surface area contributed by atoms with Crippen molar-refractivity contribution < 1.29 is 13.2 Å². The van der Waals surface area contributed by atoms with Crippen LogP contribution < -0.4 is 10.5 Å². The highest BCUT2D eigenvalue weighted by atomic mass is 32.2. The highest BCUT2D eigenvalue weighted by Crippen LogP contribution is 2.13. The molecule has 0 bridgehead atoms. The van der Waals surface area contributed by atoms with Crippen molar-refractivity contribution in [1.82, 2.24) is 9.78 Å². The van der Waals surface area contributed by atoms with Gasteiger partial charge in [-0.2, -0.15) is 5.10 Å². The lowest BCUT2D eigenvalue weighted by atomic mass is 10.2. The van der Waals surface area contributed by atoms with Gasteiger partial charge in [0, 0.05) is 12.7 Å². The van der Waals surface area contributed by atoms with Crippen LogP contribution >= 0.6 is 0 Å². The van der Waals surface area contributed by atoms with Gasteiger partial charge in [-0.25, -0.2) is 13.6 Å². The predicted octanol–water partition coefficient (Wildman–Crippen LogP) is 0.769. The molecular formula is C13H16N4O3S. The number of sulfonamides is 1. The summed E-state index contributed by atoms with van der Waals surface area (Å²) in [7, 11) is -1.87. The molecule has 0 aliphatic heterocycles. The van der Waals surface area contributed by atoms with Gasteiger partial charge in [-0.3, -0.25) is 9.48 Å². The fraction of sp³-hybridized carbons (Fsp3) is 0.231. The summed E-state index contributed by atoms with van der Waals surface area (Å²) in [5, 5.41) is 11.8. The summed E-state index contributed by atoms with van der Waals surface area (Å²) in [6.07, 6.45) is 0. The van der Waals surface area contributed by atoms with E-state index in [1.54, 1.807) is 44.3 Å². The summed E-state index contributed by atoms with van der Waals surface area (Å²) >= 11 is 0. The van der Waals surface area contributed by atoms with Crippen LogP contribution in [-0.4, -0.2) is 24.1 Å². The van der Waals surface area contributed by atoms with Crippen LogP contribution in [0.4, 0.5) is 5.69 Å². The van der Waals surface area contributed by atoms with E-state index in [1.165, 1.54) is 4.68 Å². The maximum Gasteiger partial charge on any atom is 0.273 e. The quantitative estimate of drug-likeness (QED) is 0.869. The Morgan fingerprint density at radius 1 is 1.33 bits per heavy atom. The number of rotatable bonds is 4. The number of aryl methyl sites for hydroxylation is 2. The number of hydrogen-bond donors (Lipinski definition) is 2. The van der Waals surface area contributed by atoms with Gasteiger partial charge in [-0.05, 0) is 30.7 Å². The molecule has 0 radical (unpaired) electrons. The van der Waals surface area contributed by atoms with Gasteiger partial charge in [0.05, 0.1) is 11.4 Å². The fourth-order valence-electron chi connectivity index (χ4n) is 1.93. The van der Waals surface area contributed by atoms with Crippen molar-refractivity contribution in [3.63, 3.8) is 0 Å². The zero-order chi connectivity index (χ0) is 15.6. The van der Waals surface area contributed by atoms with Gasteiger partial charge in [-0.15, -0.1) is 0 Å². The van der Waals surface area contributed by atoms with Crippen molar-refractivity contribution in [3.8, 4) is 0 Å². The summed E-state index contributed by atoms with van der Waals surface area (Å²) in [6.45, 7) is 1.80. The van der Waals surface area contributed by atoms with Crippen LogP contribution in [0.25, 0.3) is 0 Å². The van der Waals surface area contributed by atoms with E-state index in [0.29, 0.717) is 16.9 Å². The lowest BCUT2D eigenvalue weighted by Gasteiger charge is -2.06. The van der Waals surface area contributed by atoms with E-state index < -0.39 is 10.0 Å². The SMILES string of the molecule is Cc1cc(C(=O)Nc2ccc(CS(N)(=O)=O)cc2)n(C)n1. The molecule has 0 atom stereocenters. The molecule has 0 fully saturated rings. The van der Waals surface area contributed by atoms with Gasteiger partial charge in [0.1, 0.15) is 5.69 Å². The molecule has 8 heteroatoms. The Balaban J connectivity index is 2.10. The zero-order valence-corrected chi connectivity index (χ0v) is 12.5. The summed E-state index contributed by atoms with van der Waals surface area (Å²) in [5.41, 5.74) is 2.33. The molecule has 7 nitrogen and oxygen atoms in total. The highest BCUT2D eigenvalue weighted by Gasteiger charge is 2.12. The number of nitrogens with zero attached hydrogens (tertiary/aromatic N) is 2. The second-order valence-corrected chi connectivity index (χ2v) is 6.37. The second-order valence-electron chi connectivity index (χ2n) is 4.75. The molecule has 0 saturated heterocycles. The number of anilines is 1. The molecule has 0 saturated carbocycles. The van der Waals surface area contributed by atoms with Gasteiger partial charge in [0.15, 0.2) is 0 Å². The summed E-state index contributed by atoms with van der Waals surface area (Å²) in [5.74, 6) is -0.514. The lowest BCUT2D eigenvalue weighted by molar-refractivity contribution is 0.101. The van der Waals surface area contributed by atoms with E-state index in [1.807, 2.05) is 0 Å². The molecular weight excluding hydrogens is 292 g/mol. The topological polar surface area (TPSA) is 107 Å². The Labute approximate surface area is 122 Å². The van der Waals surface area contributed by atoms with Crippen LogP contribution in [0.2, 0.25) is 0 Å². The lowest BCUT2D eigenvalue weighted by Crippen LogP contribution is -2.16. The number of hydrogen-bond acceptors (Lipinski definition) is 4. The molecule has 1 aromatic heterocycles. The third-order valence-corrected chi connectivity index (χ3v) is 3.55. The minimum atomic E-state index is -3.56. The number of nitrogens with two attached hydrogens (primary N) is 1. The van der Waals surface area contributed by atoms with Gasteiger partial charge < -0.3 is 5.32 Å². The van der Waals surface area contributed by atoms with Crippen molar-refractivity contribution in [2.45, 2.75) is 12.7 Å². The van der Waals surface area contributed by atoms with Gasteiger partial charge in [-0.1, -0.05) is 12.1 Å². The van der Waals surface area contributed by atoms with Crippen molar-refractivity contribution in [2.75, 3.05) is 5.32 Å². The van der Waals surface area contributed by atoms with Gasteiger partial charge >= 0.3 is 0 Å².